The summed E-state index contributed by atoms with van der Waals surface area (Å²) in [5.74, 6) is -0.977. The van der Waals surface area contributed by atoms with Gasteiger partial charge in [-0.25, -0.2) is 13.2 Å². The van der Waals surface area contributed by atoms with Gasteiger partial charge in [-0.2, -0.15) is 0 Å². The molecule has 0 heterocycles. The van der Waals surface area contributed by atoms with Crippen LogP contribution in [0.15, 0.2) is 36.2 Å². The molecule has 0 unspecified atom stereocenters. The number of halogens is 3. The fourth-order valence-electron chi connectivity index (χ4n) is 0.521. The van der Waals surface area contributed by atoms with Crippen molar-refractivity contribution in [1.29, 1.82) is 0 Å². The SMILES string of the molecule is C=C/C(=C(/F)C(=C)C)C(F)F. The molecule has 0 saturated carbocycles. The summed E-state index contributed by atoms with van der Waals surface area (Å²) in [5.41, 5.74) is -0.710. The number of hydrogen-bond acceptors (Lipinski definition) is 0. The number of rotatable bonds is 3. The summed E-state index contributed by atoms with van der Waals surface area (Å²) in [7, 11) is 0. The number of alkyl halides is 2. The van der Waals surface area contributed by atoms with Gasteiger partial charge in [-0.3, -0.25) is 0 Å². The third-order valence-corrected chi connectivity index (χ3v) is 1.08. The minimum Gasteiger partial charge on any atom is -0.206 e. The van der Waals surface area contributed by atoms with Crippen LogP contribution in [-0.2, 0) is 0 Å². The largest absolute Gasteiger partial charge is 0.266 e. The molecule has 0 aromatic rings. The summed E-state index contributed by atoms with van der Waals surface area (Å²) in [6.45, 7) is 7.58. The molecule has 0 bridgehead atoms. The minimum atomic E-state index is -2.83. The van der Waals surface area contributed by atoms with Gasteiger partial charge >= 0.3 is 0 Å². The highest BCUT2D eigenvalue weighted by Gasteiger charge is 2.13. The molecule has 0 aliphatic heterocycles. The summed E-state index contributed by atoms with van der Waals surface area (Å²) in [6, 6.07) is 0. The van der Waals surface area contributed by atoms with E-state index >= 15 is 0 Å². The molecule has 0 rings (SSSR count). The van der Waals surface area contributed by atoms with Crippen molar-refractivity contribution in [3.8, 4) is 0 Å². The van der Waals surface area contributed by atoms with E-state index < -0.39 is 17.8 Å². The maximum absolute atomic E-state index is 12.7. The van der Waals surface area contributed by atoms with Gasteiger partial charge in [0.15, 0.2) is 0 Å². The molecule has 0 aliphatic carbocycles. The lowest BCUT2D eigenvalue weighted by atomic mass is 10.2. The molecule has 11 heavy (non-hydrogen) atoms. The Morgan fingerprint density at radius 2 is 1.91 bits per heavy atom. The quantitative estimate of drug-likeness (QED) is 0.559. The minimum absolute atomic E-state index is 0.0137. The summed E-state index contributed by atoms with van der Waals surface area (Å²) < 4.78 is 36.5. The molecule has 0 aliphatic rings. The maximum atomic E-state index is 12.7. The normalized spacial score (nSPS) is 12.8. The van der Waals surface area contributed by atoms with Gasteiger partial charge in [0.25, 0.3) is 6.43 Å². The Labute approximate surface area is 63.7 Å². The van der Waals surface area contributed by atoms with Crippen molar-refractivity contribution in [1.82, 2.24) is 0 Å². The summed E-state index contributed by atoms with van der Waals surface area (Å²) >= 11 is 0. The van der Waals surface area contributed by atoms with Gasteiger partial charge in [0.1, 0.15) is 5.83 Å². The Bertz CT molecular complexity index is 201. The fraction of sp³-hybridized carbons (Fsp3) is 0.250. The van der Waals surface area contributed by atoms with E-state index in [0.29, 0.717) is 0 Å². The van der Waals surface area contributed by atoms with Gasteiger partial charge in [-0.1, -0.05) is 19.2 Å². The Morgan fingerprint density at radius 1 is 1.45 bits per heavy atom. The molecule has 0 nitrogen and oxygen atoms in total. The Kier molecular flexibility index (Phi) is 3.65. The van der Waals surface area contributed by atoms with Crippen LogP contribution in [0.5, 0.6) is 0 Å². The topological polar surface area (TPSA) is 0 Å². The van der Waals surface area contributed by atoms with Crippen molar-refractivity contribution in [3.63, 3.8) is 0 Å². The van der Waals surface area contributed by atoms with Crippen LogP contribution in [0.25, 0.3) is 0 Å². The first kappa shape index (κ1) is 10.0. The third kappa shape index (κ3) is 2.62. The zero-order valence-corrected chi connectivity index (χ0v) is 6.20. The van der Waals surface area contributed by atoms with Crippen LogP contribution in [0.3, 0.4) is 0 Å². The van der Waals surface area contributed by atoms with Gasteiger partial charge in [0, 0.05) is 0 Å². The molecule has 0 atom stereocenters. The summed E-state index contributed by atoms with van der Waals surface area (Å²) in [4.78, 5) is 0. The zero-order valence-electron chi connectivity index (χ0n) is 6.20. The Hall–Kier alpha value is -0.990. The number of allylic oxidation sites excluding steroid dienone is 4. The Balaban J connectivity index is 4.83. The highest BCUT2D eigenvalue weighted by molar-refractivity contribution is 5.33. The highest BCUT2D eigenvalue weighted by atomic mass is 19.3. The predicted octanol–water partition coefficient (Wildman–Crippen LogP) is 3.24. The van der Waals surface area contributed by atoms with Crippen LogP contribution in [-0.4, -0.2) is 6.43 Å². The molecule has 0 spiro atoms. The highest BCUT2D eigenvalue weighted by Crippen LogP contribution is 2.20. The van der Waals surface area contributed by atoms with E-state index in [4.69, 9.17) is 0 Å². The van der Waals surface area contributed by atoms with E-state index in [1.165, 1.54) is 6.92 Å². The van der Waals surface area contributed by atoms with Crippen molar-refractivity contribution in [2.45, 2.75) is 13.3 Å². The van der Waals surface area contributed by atoms with Gasteiger partial charge in [0.05, 0.1) is 5.57 Å². The monoisotopic (exact) mass is 162 g/mol. The first-order valence-electron chi connectivity index (χ1n) is 2.96. The number of hydrogen-bond donors (Lipinski definition) is 0. The molecular formula is C8H9F3. The van der Waals surface area contributed by atoms with Gasteiger partial charge < -0.3 is 0 Å². The molecule has 0 aromatic heterocycles. The van der Waals surface area contributed by atoms with E-state index in [-0.39, 0.29) is 5.57 Å². The first-order valence-corrected chi connectivity index (χ1v) is 2.96. The van der Waals surface area contributed by atoms with E-state index in [1.54, 1.807) is 0 Å². The smallest absolute Gasteiger partial charge is 0.206 e. The molecule has 0 amide bonds. The van der Waals surface area contributed by atoms with Crippen molar-refractivity contribution in [2.75, 3.05) is 0 Å². The van der Waals surface area contributed by atoms with Crippen LogP contribution in [0, 0.1) is 0 Å². The molecule has 0 N–H and O–H groups in total. The van der Waals surface area contributed by atoms with Crippen LogP contribution >= 0.6 is 0 Å². The van der Waals surface area contributed by atoms with Crippen molar-refractivity contribution >= 4 is 0 Å². The molecular weight excluding hydrogens is 153 g/mol. The lowest BCUT2D eigenvalue weighted by Crippen LogP contribution is -1.96. The lowest BCUT2D eigenvalue weighted by molar-refractivity contribution is 0.190. The van der Waals surface area contributed by atoms with E-state index in [0.717, 1.165) is 6.08 Å². The van der Waals surface area contributed by atoms with Crippen molar-refractivity contribution in [3.05, 3.63) is 36.2 Å². The second kappa shape index (κ2) is 4.01. The molecule has 62 valence electrons. The lowest BCUT2D eigenvalue weighted by Gasteiger charge is -2.02. The standard InChI is InChI=1S/C8H9F3/c1-4-6(8(10)11)7(9)5(2)3/h4,8H,1-2H2,3H3/b7-6-. The average Bonchev–Trinajstić information content (AvgIpc) is 1.88. The van der Waals surface area contributed by atoms with Crippen molar-refractivity contribution < 1.29 is 13.2 Å². The predicted molar refractivity (Wildman–Crippen MR) is 39.1 cm³/mol. The second-order valence-corrected chi connectivity index (χ2v) is 2.05. The zero-order chi connectivity index (χ0) is 9.02. The summed E-state index contributed by atoms with van der Waals surface area (Å²) in [5, 5.41) is 0. The summed E-state index contributed by atoms with van der Waals surface area (Å²) in [6.07, 6.45) is -2.03. The third-order valence-electron chi connectivity index (χ3n) is 1.08. The molecule has 0 saturated heterocycles. The molecule has 0 aromatic carbocycles. The van der Waals surface area contributed by atoms with Crippen LogP contribution < -0.4 is 0 Å². The Morgan fingerprint density at radius 3 is 2.00 bits per heavy atom. The molecule has 0 fully saturated rings. The van der Waals surface area contributed by atoms with Gasteiger partial charge in [-0.05, 0) is 12.5 Å². The van der Waals surface area contributed by atoms with Gasteiger partial charge in [0.2, 0.25) is 0 Å². The van der Waals surface area contributed by atoms with Crippen LogP contribution in [0.2, 0.25) is 0 Å². The van der Waals surface area contributed by atoms with Crippen LogP contribution in [0.1, 0.15) is 6.92 Å². The van der Waals surface area contributed by atoms with Crippen molar-refractivity contribution in [2.24, 2.45) is 0 Å². The van der Waals surface area contributed by atoms with E-state index in [1.807, 2.05) is 0 Å². The fourth-order valence-corrected chi connectivity index (χ4v) is 0.521. The van der Waals surface area contributed by atoms with Gasteiger partial charge in [-0.15, -0.1) is 0 Å². The van der Waals surface area contributed by atoms with Crippen LogP contribution in [0.4, 0.5) is 13.2 Å². The maximum Gasteiger partial charge on any atom is 0.266 e. The van der Waals surface area contributed by atoms with E-state index in [9.17, 15) is 13.2 Å². The molecule has 0 radical (unpaired) electrons. The average molecular weight is 162 g/mol. The second-order valence-electron chi connectivity index (χ2n) is 2.05. The van der Waals surface area contributed by atoms with E-state index in [2.05, 4.69) is 13.2 Å². The first-order chi connectivity index (χ1) is 5.00. The molecule has 3 heteroatoms.